The van der Waals surface area contributed by atoms with Gasteiger partial charge in [0.1, 0.15) is 0 Å². The Labute approximate surface area is 142 Å². The van der Waals surface area contributed by atoms with Crippen LogP contribution in [0.15, 0.2) is 18.5 Å². The van der Waals surface area contributed by atoms with Crippen molar-refractivity contribution in [3.8, 4) is 0 Å². The number of amides is 1. The number of hydrogen-bond acceptors (Lipinski definition) is 5. The number of likely N-dealkylation sites (tertiary alicyclic amines) is 1. The molecule has 0 aliphatic carbocycles. The van der Waals surface area contributed by atoms with Crippen LogP contribution in [0.1, 0.15) is 32.6 Å². The number of carbonyl (C=O) groups is 1. The third-order valence-electron chi connectivity index (χ3n) is 4.94. The summed E-state index contributed by atoms with van der Waals surface area (Å²) in [6, 6.07) is 1.86. The highest BCUT2D eigenvalue weighted by Gasteiger charge is 2.40. The van der Waals surface area contributed by atoms with Gasteiger partial charge >= 0.3 is 0 Å². The SMILES string of the molecule is CCSCC(=O)N1CCCC2(CCCN(c3ncccn3)C2)C1. The van der Waals surface area contributed by atoms with E-state index in [9.17, 15) is 4.79 Å². The van der Waals surface area contributed by atoms with Crippen LogP contribution in [0.2, 0.25) is 0 Å². The number of aromatic nitrogens is 2. The van der Waals surface area contributed by atoms with Crippen LogP contribution in [0.5, 0.6) is 0 Å². The Morgan fingerprint density at radius 3 is 2.70 bits per heavy atom. The van der Waals surface area contributed by atoms with E-state index in [0.29, 0.717) is 11.7 Å². The average Bonchev–Trinajstić information content (AvgIpc) is 2.60. The van der Waals surface area contributed by atoms with Crippen LogP contribution in [-0.4, -0.2) is 58.5 Å². The topological polar surface area (TPSA) is 49.3 Å². The molecular formula is C17H26N4OS. The molecule has 1 aromatic heterocycles. The van der Waals surface area contributed by atoms with Gasteiger partial charge in [0, 0.05) is 44.0 Å². The summed E-state index contributed by atoms with van der Waals surface area (Å²) in [6.45, 7) is 5.92. The lowest BCUT2D eigenvalue weighted by atomic mass is 9.74. The van der Waals surface area contributed by atoms with Crippen LogP contribution in [0.25, 0.3) is 0 Å². The van der Waals surface area contributed by atoms with Gasteiger partial charge in [-0.2, -0.15) is 11.8 Å². The van der Waals surface area contributed by atoms with Crippen LogP contribution in [0, 0.1) is 5.41 Å². The lowest BCUT2D eigenvalue weighted by molar-refractivity contribution is -0.132. The van der Waals surface area contributed by atoms with Crippen molar-refractivity contribution >= 4 is 23.6 Å². The minimum atomic E-state index is 0.224. The van der Waals surface area contributed by atoms with Gasteiger partial charge in [-0.1, -0.05) is 6.92 Å². The second-order valence-corrected chi connectivity index (χ2v) is 7.90. The van der Waals surface area contributed by atoms with Crippen molar-refractivity contribution in [1.29, 1.82) is 0 Å². The monoisotopic (exact) mass is 334 g/mol. The Morgan fingerprint density at radius 2 is 1.96 bits per heavy atom. The molecule has 1 amide bonds. The fraction of sp³-hybridized carbons (Fsp3) is 0.706. The molecule has 0 saturated carbocycles. The molecule has 6 heteroatoms. The summed E-state index contributed by atoms with van der Waals surface area (Å²) < 4.78 is 0. The quantitative estimate of drug-likeness (QED) is 0.846. The zero-order chi connectivity index (χ0) is 16.1. The highest BCUT2D eigenvalue weighted by Crippen LogP contribution is 2.39. The number of rotatable bonds is 4. The van der Waals surface area contributed by atoms with E-state index in [1.807, 2.05) is 18.5 Å². The van der Waals surface area contributed by atoms with Crippen molar-refractivity contribution in [3.05, 3.63) is 18.5 Å². The van der Waals surface area contributed by atoms with E-state index in [4.69, 9.17) is 0 Å². The molecule has 126 valence electrons. The first kappa shape index (κ1) is 16.6. The summed E-state index contributed by atoms with van der Waals surface area (Å²) in [6.07, 6.45) is 8.31. The predicted molar refractivity (Wildman–Crippen MR) is 94.7 cm³/mol. The third-order valence-corrected chi connectivity index (χ3v) is 5.80. The van der Waals surface area contributed by atoms with Gasteiger partial charge in [-0.15, -0.1) is 0 Å². The van der Waals surface area contributed by atoms with Crippen LogP contribution in [0.4, 0.5) is 5.95 Å². The maximum atomic E-state index is 12.4. The number of anilines is 1. The predicted octanol–water partition coefficient (Wildman–Crippen LogP) is 2.44. The van der Waals surface area contributed by atoms with E-state index >= 15 is 0 Å². The first-order valence-electron chi connectivity index (χ1n) is 8.60. The number of piperidine rings is 2. The molecular weight excluding hydrogens is 308 g/mol. The molecule has 0 bridgehead atoms. The number of hydrogen-bond donors (Lipinski definition) is 0. The van der Waals surface area contributed by atoms with Gasteiger partial charge in [0.15, 0.2) is 0 Å². The van der Waals surface area contributed by atoms with Gasteiger partial charge in [-0.05, 0) is 37.5 Å². The molecule has 2 fully saturated rings. The summed E-state index contributed by atoms with van der Waals surface area (Å²) in [5, 5.41) is 0. The maximum absolute atomic E-state index is 12.4. The Bertz CT molecular complexity index is 523. The number of thioether (sulfide) groups is 1. The highest BCUT2D eigenvalue weighted by atomic mass is 32.2. The second-order valence-electron chi connectivity index (χ2n) is 6.63. The molecule has 3 rings (SSSR count). The molecule has 1 atom stereocenters. The van der Waals surface area contributed by atoms with Gasteiger partial charge in [-0.25, -0.2) is 9.97 Å². The van der Waals surface area contributed by atoms with Gasteiger partial charge in [0.2, 0.25) is 11.9 Å². The number of nitrogens with zero attached hydrogens (tertiary/aromatic N) is 4. The standard InChI is InChI=1S/C17H26N4OS/c1-2-23-12-15(22)20-10-3-6-17(13-20)7-4-11-21(14-17)16-18-8-5-9-19-16/h5,8-9H,2-4,6-7,10-14H2,1H3. The minimum Gasteiger partial charge on any atom is -0.341 e. The van der Waals surface area contributed by atoms with E-state index in [0.717, 1.165) is 50.7 Å². The molecule has 5 nitrogen and oxygen atoms in total. The molecule has 3 heterocycles. The van der Waals surface area contributed by atoms with Crippen molar-refractivity contribution in [1.82, 2.24) is 14.9 Å². The van der Waals surface area contributed by atoms with Crippen molar-refractivity contribution < 1.29 is 4.79 Å². The summed E-state index contributed by atoms with van der Waals surface area (Å²) in [5.41, 5.74) is 0.224. The zero-order valence-corrected chi connectivity index (χ0v) is 14.7. The molecule has 2 saturated heterocycles. The first-order valence-corrected chi connectivity index (χ1v) is 9.75. The normalized spacial score (nSPS) is 24.9. The Kier molecular flexibility index (Phi) is 5.41. The molecule has 0 radical (unpaired) electrons. The van der Waals surface area contributed by atoms with Crippen molar-refractivity contribution in [2.75, 3.05) is 42.6 Å². The third kappa shape index (κ3) is 3.97. The molecule has 2 aliphatic heterocycles. The Balaban J connectivity index is 1.67. The maximum Gasteiger partial charge on any atom is 0.232 e. The fourth-order valence-electron chi connectivity index (χ4n) is 3.87. The van der Waals surface area contributed by atoms with E-state index < -0.39 is 0 Å². The van der Waals surface area contributed by atoms with Crippen LogP contribution < -0.4 is 4.90 Å². The van der Waals surface area contributed by atoms with Crippen LogP contribution in [0.3, 0.4) is 0 Å². The molecule has 1 spiro atoms. The summed E-state index contributed by atoms with van der Waals surface area (Å²) in [5.74, 6) is 2.77. The van der Waals surface area contributed by atoms with E-state index in [1.54, 1.807) is 11.8 Å². The molecule has 0 N–H and O–H groups in total. The summed E-state index contributed by atoms with van der Waals surface area (Å²) in [7, 11) is 0. The van der Waals surface area contributed by atoms with Gasteiger partial charge in [0.25, 0.3) is 0 Å². The number of carbonyl (C=O) groups excluding carboxylic acids is 1. The molecule has 1 aromatic rings. The van der Waals surface area contributed by atoms with E-state index in [1.165, 1.54) is 12.8 Å². The van der Waals surface area contributed by atoms with Crippen molar-refractivity contribution in [2.45, 2.75) is 32.6 Å². The average molecular weight is 334 g/mol. The Morgan fingerprint density at radius 1 is 1.22 bits per heavy atom. The summed E-state index contributed by atoms with van der Waals surface area (Å²) >= 11 is 1.72. The largest absolute Gasteiger partial charge is 0.341 e. The van der Waals surface area contributed by atoms with E-state index in [-0.39, 0.29) is 5.41 Å². The van der Waals surface area contributed by atoms with Crippen LogP contribution >= 0.6 is 11.8 Å². The zero-order valence-electron chi connectivity index (χ0n) is 13.9. The van der Waals surface area contributed by atoms with Crippen molar-refractivity contribution in [3.63, 3.8) is 0 Å². The molecule has 2 aliphatic rings. The van der Waals surface area contributed by atoms with Gasteiger partial charge < -0.3 is 9.80 Å². The van der Waals surface area contributed by atoms with Gasteiger partial charge in [0.05, 0.1) is 5.75 Å². The molecule has 23 heavy (non-hydrogen) atoms. The van der Waals surface area contributed by atoms with Crippen LogP contribution in [-0.2, 0) is 4.79 Å². The lowest BCUT2D eigenvalue weighted by Crippen LogP contribution is -2.54. The van der Waals surface area contributed by atoms with Crippen molar-refractivity contribution in [2.24, 2.45) is 5.41 Å². The molecule has 0 aromatic carbocycles. The first-order chi connectivity index (χ1) is 11.2. The molecule has 1 unspecified atom stereocenters. The smallest absolute Gasteiger partial charge is 0.232 e. The summed E-state index contributed by atoms with van der Waals surface area (Å²) in [4.78, 5) is 25.6. The lowest BCUT2D eigenvalue weighted by Gasteiger charge is -2.48. The second kappa shape index (κ2) is 7.51. The fourth-order valence-corrected chi connectivity index (χ4v) is 4.43. The van der Waals surface area contributed by atoms with E-state index in [2.05, 4.69) is 26.7 Å². The Hall–Kier alpha value is -1.30. The minimum absolute atomic E-state index is 0.224. The highest BCUT2D eigenvalue weighted by molar-refractivity contribution is 7.99. The van der Waals surface area contributed by atoms with Gasteiger partial charge in [-0.3, -0.25) is 4.79 Å².